The third-order valence-corrected chi connectivity index (χ3v) is 4.44. The molecular formula is C17H19N7O. The largest absolute Gasteiger partial charge is 0.334 e. The summed E-state index contributed by atoms with van der Waals surface area (Å²) in [4.78, 5) is 16.0. The monoisotopic (exact) mass is 337 g/mol. The van der Waals surface area contributed by atoms with Crippen LogP contribution < -0.4 is 0 Å². The van der Waals surface area contributed by atoms with Crippen molar-refractivity contribution in [3.8, 4) is 11.4 Å². The molecule has 0 spiro atoms. The quantitative estimate of drug-likeness (QED) is 0.719. The summed E-state index contributed by atoms with van der Waals surface area (Å²) in [5.74, 6) is 0.530. The van der Waals surface area contributed by atoms with Crippen molar-refractivity contribution < 1.29 is 4.79 Å². The fraction of sp³-hybridized carbons (Fsp3) is 0.353. The van der Waals surface area contributed by atoms with Crippen molar-refractivity contribution in [2.75, 3.05) is 6.54 Å². The third-order valence-electron chi connectivity index (χ3n) is 4.44. The highest BCUT2D eigenvalue weighted by Gasteiger charge is 2.31. The van der Waals surface area contributed by atoms with Crippen LogP contribution in [0.2, 0.25) is 0 Å². The van der Waals surface area contributed by atoms with E-state index < -0.39 is 0 Å². The van der Waals surface area contributed by atoms with Gasteiger partial charge in [0, 0.05) is 30.9 Å². The van der Waals surface area contributed by atoms with E-state index in [2.05, 4.69) is 20.5 Å². The molecule has 1 amide bonds. The number of nitrogens with zero attached hydrogens (tertiary/aromatic N) is 7. The summed E-state index contributed by atoms with van der Waals surface area (Å²) in [6.45, 7) is 0.842. The Morgan fingerprint density at radius 1 is 1.28 bits per heavy atom. The number of aromatic nitrogens is 6. The molecule has 0 saturated carbocycles. The fourth-order valence-corrected chi connectivity index (χ4v) is 3.25. The van der Waals surface area contributed by atoms with Gasteiger partial charge < -0.3 is 4.90 Å². The standard InChI is InChI=1S/C17H19N7O/c1-22-11-14(10-18-22)15-8-5-9-23(15)16(25)12-24-20-17(19-21-24)13-6-3-2-4-7-13/h2-4,6-7,10-11,15H,5,8-9,12H2,1H3. The van der Waals surface area contributed by atoms with E-state index in [1.807, 2.05) is 54.7 Å². The van der Waals surface area contributed by atoms with E-state index in [0.29, 0.717) is 5.82 Å². The molecule has 1 aromatic carbocycles. The highest BCUT2D eigenvalue weighted by Crippen LogP contribution is 2.31. The Kier molecular flexibility index (Phi) is 4.01. The number of tetrazole rings is 1. The van der Waals surface area contributed by atoms with E-state index in [1.54, 1.807) is 4.68 Å². The fourth-order valence-electron chi connectivity index (χ4n) is 3.25. The van der Waals surface area contributed by atoms with Crippen molar-refractivity contribution in [1.29, 1.82) is 0 Å². The Morgan fingerprint density at radius 3 is 2.88 bits per heavy atom. The number of carbonyl (C=O) groups excluding carboxylic acids is 1. The maximum atomic E-state index is 12.7. The molecule has 2 aromatic heterocycles. The Balaban J connectivity index is 1.47. The summed E-state index contributed by atoms with van der Waals surface area (Å²) in [6, 6.07) is 9.69. The second kappa shape index (κ2) is 6.46. The molecule has 3 heterocycles. The van der Waals surface area contributed by atoms with Gasteiger partial charge in [0.15, 0.2) is 0 Å². The lowest BCUT2D eigenvalue weighted by Crippen LogP contribution is -2.33. The van der Waals surface area contributed by atoms with Gasteiger partial charge in [0.25, 0.3) is 0 Å². The molecule has 0 aliphatic carbocycles. The molecular weight excluding hydrogens is 318 g/mol. The summed E-state index contributed by atoms with van der Waals surface area (Å²) in [5.41, 5.74) is 1.96. The molecule has 25 heavy (non-hydrogen) atoms. The molecule has 1 atom stereocenters. The normalized spacial score (nSPS) is 17.2. The minimum Gasteiger partial charge on any atom is -0.334 e. The van der Waals surface area contributed by atoms with Gasteiger partial charge in [-0.3, -0.25) is 9.48 Å². The lowest BCUT2D eigenvalue weighted by molar-refractivity contribution is -0.133. The Bertz CT molecular complexity index is 870. The first-order valence-electron chi connectivity index (χ1n) is 8.32. The van der Waals surface area contributed by atoms with Crippen molar-refractivity contribution in [1.82, 2.24) is 34.9 Å². The minimum absolute atomic E-state index is 0.00312. The molecule has 1 fully saturated rings. The van der Waals surface area contributed by atoms with Crippen molar-refractivity contribution in [3.63, 3.8) is 0 Å². The maximum Gasteiger partial charge on any atom is 0.246 e. The van der Waals surface area contributed by atoms with Gasteiger partial charge in [-0.15, -0.1) is 10.2 Å². The highest BCUT2D eigenvalue weighted by atomic mass is 16.2. The molecule has 8 heteroatoms. The van der Waals surface area contributed by atoms with Crippen LogP contribution in [0.25, 0.3) is 11.4 Å². The molecule has 0 N–H and O–H groups in total. The van der Waals surface area contributed by atoms with E-state index in [9.17, 15) is 4.79 Å². The van der Waals surface area contributed by atoms with Gasteiger partial charge >= 0.3 is 0 Å². The Morgan fingerprint density at radius 2 is 2.12 bits per heavy atom. The predicted octanol–water partition coefficient (Wildman–Crippen LogP) is 1.44. The molecule has 8 nitrogen and oxygen atoms in total. The zero-order chi connectivity index (χ0) is 17.2. The maximum absolute atomic E-state index is 12.7. The molecule has 1 saturated heterocycles. The molecule has 0 bridgehead atoms. The highest BCUT2D eigenvalue weighted by molar-refractivity contribution is 5.76. The topological polar surface area (TPSA) is 81.7 Å². The van der Waals surface area contributed by atoms with Crippen LogP contribution in [0.15, 0.2) is 42.7 Å². The zero-order valence-electron chi connectivity index (χ0n) is 14.0. The first-order chi connectivity index (χ1) is 12.2. The second-order valence-electron chi connectivity index (χ2n) is 6.20. The number of likely N-dealkylation sites (tertiary alicyclic amines) is 1. The number of carbonyl (C=O) groups is 1. The molecule has 4 rings (SSSR count). The SMILES string of the molecule is Cn1cc(C2CCCN2C(=O)Cn2nnc(-c3ccccc3)n2)cn1. The van der Waals surface area contributed by atoms with E-state index in [4.69, 9.17) is 0 Å². The van der Waals surface area contributed by atoms with E-state index in [-0.39, 0.29) is 18.5 Å². The van der Waals surface area contributed by atoms with Gasteiger partial charge in [-0.2, -0.15) is 9.90 Å². The van der Waals surface area contributed by atoms with Gasteiger partial charge in [-0.25, -0.2) is 0 Å². The first kappa shape index (κ1) is 15.5. The van der Waals surface area contributed by atoms with Gasteiger partial charge in [0.05, 0.1) is 12.2 Å². The smallest absolute Gasteiger partial charge is 0.246 e. The Hall–Kier alpha value is -3.03. The van der Waals surface area contributed by atoms with Gasteiger partial charge in [-0.05, 0) is 18.1 Å². The summed E-state index contributed by atoms with van der Waals surface area (Å²) in [7, 11) is 1.88. The van der Waals surface area contributed by atoms with Crippen LogP contribution in [0.3, 0.4) is 0 Å². The van der Waals surface area contributed by atoms with Crippen LogP contribution in [0.1, 0.15) is 24.4 Å². The second-order valence-corrected chi connectivity index (χ2v) is 6.20. The molecule has 128 valence electrons. The van der Waals surface area contributed by atoms with Crippen LogP contribution in [-0.2, 0) is 18.4 Å². The van der Waals surface area contributed by atoms with Crippen LogP contribution in [0.5, 0.6) is 0 Å². The number of benzene rings is 1. The predicted molar refractivity (Wildman–Crippen MR) is 90.1 cm³/mol. The van der Waals surface area contributed by atoms with E-state index in [0.717, 1.165) is 30.5 Å². The van der Waals surface area contributed by atoms with Crippen molar-refractivity contribution in [2.24, 2.45) is 7.05 Å². The van der Waals surface area contributed by atoms with Crippen LogP contribution in [0.4, 0.5) is 0 Å². The minimum atomic E-state index is 0.00312. The average Bonchev–Trinajstić information content (AvgIpc) is 3.35. The van der Waals surface area contributed by atoms with Crippen molar-refractivity contribution >= 4 is 5.91 Å². The summed E-state index contributed by atoms with van der Waals surface area (Å²) in [6.07, 6.45) is 5.75. The summed E-state index contributed by atoms with van der Waals surface area (Å²) < 4.78 is 1.77. The van der Waals surface area contributed by atoms with E-state index in [1.165, 1.54) is 4.80 Å². The number of rotatable bonds is 4. The lowest BCUT2D eigenvalue weighted by Gasteiger charge is -2.23. The molecule has 1 aliphatic heterocycles. The molecule has 1 unspecified atom stereocenters. The van der Waals surface area contributed by atoms with Crippen molar-refractivity contribution in [3.05, 3.63) is 48.3 Å². The Labute approximate surface area is 145 Å². The molecule has 1 aliphatic rings. The summed E-state index contributed by atoms with van der Waals surface area (Å²) in [5, 5.41) is 16.6. The van der Waals surface area contributed by atoms with Crippen LogP contribution in [0, 0.1) is 0 Å². The van der Waals surface area contributed by atoms with Gasteiger partial charge in [0.2, 0.25) is 11.7 Å². The number of hydrogen-bond acceptors (Lipinski definition) is 5. The first-order valence-corrected chi connectivity index (χ1v) is 8.32. The zero-order valence-corrected chi connectivity index (χ0v) is 14.0. The number of hydrogen-bond donors (Lipinski definition) is 0. The average molecular weight is 337 g/mol. The molecule has 0 radical (unpaired) electrons. The van der Waals surface area contributed by atoms with E-state index >= 15 is 0 Å². The van der Waals surface area contributed by atoms with Gasteiger partial charge in [-0.1, -0.05) is 30.3 Å². The van der Waals surface area contributed by atoms with Crippen LogP contribution in [-0.4, -0.2) is 47.3 Å². The third kappa shape index (κ3) is 3.15. The number of aryl methyl sites for hydroxylation is 1. The summed E-state index contributed by atoms with van der Waals surface area (Å²) >= 11 is 0. The van der Waals surface area contributed by atoms with Crippen LogP contribution >= 0.6 is 0 Å². The lowest BCUT2D eigenvalue weighted by atomic mass is 10.1. The molecule has 3 aromatic rings. The number of amides is 1. The van der Waals surface area contributed by atoms with Gasteiger partial charge in [0.1, 0.15) is 6.54 Å². The van der Waals surface area contributed by atoms with Crippen molar-refractivity contribution in [2.45, 2.75) is 25.4 Å².